The molecule has 0 aliphatic heterocycles. The molecule has 0 heterocycles. The number of carbonyl (C=O) groups excluding carboxylic acids is 3. The molecule has 0 radical (unpaired) electrons. The van der Waals surface area contributed by atoms with Gasteiger partial charge >= 0.3 is 17.9 Å². The number of hydrogen-bond acceptors (Lipinski definition) is 6. The quantitative estimate of drug-likeness (QED) is 0.0262. The Balaban J connectivity index is 4.40. The van der Waals surface area contributed by atoms with Gasteiger partial charge in [-0.05, 0) is 89.9 Å². The molecule has 6 heteroatoms. The zero-order valence-corrected chi connectivity index (χ0v) is 42.0. The highest BCUT2D eigenvalue weighted by Gasteiger charge is 2.19. The molecule has 0 N–H and O–H groups in total. The van der Waals surface area contributed by atoms with Gasteiger partial charge < -0.3 is 14.2 Å². The molecule has 0 fully saturated rings. The molecule has 1 unspecified atom stereocenters. The van der Waals surface area contributed by atoms with E-state index >= 15 is 0 Å². The molecule has 0 spiro atoms. The normalized spacial score (nSPS) is 12.6. The lowest BCUT2D eigenvalue weighted by Gasteiger charge is -2.18. The van der Waals surface area contributed by atoms with Crippen LogP contribution in [0.3, 0.4) is 0 Å². The summed E-state index contributed by atoms with van der Waals surface area (Å²) in [7, 11) is 0. The Bertz CT molecular complexity index is 1210. The fourth-order valence-electron chi connectivity index (χ4n) is 7.40. The Morgan fingerprint density at radius 1 is 0.328 bits per heavy atom. The van der Waals surface area contributed by atoms with Crippen molar-refractivity contribution in [3.63, 3.8) is 0 Å². The third kappa shape index (κ3) is 49.9. The van der Waals surface area contributed by atoms with E-state index in [1.165, 1.54) is 103 Å². The van der Waals surface area contributed by atoms with E-state index in [0.717, 1.165) is 116 Å². The van der Waals surface area contributed by atoms with Crippen molar-refractivity contribution in [2.75, 3.05) is 13.2 Å². The number of hydrogen-bond donors (Lipinski definition) is 0. The standard InChI is InChI=1S/C58H100O6/c1-4-7-10-13-16-19-22-25-27-28-29-30-32-33-36-39-42-45-48-51-57(60)63-54-55(53-62-56(59)50-47-44-41-38-35-24-21-18-15-12-9-6-3)64-58(61)52-49-46-43-40-37-34-31-26-23-20-17-14-11-8-5-2/h7,10,16-17,19-20,25-27,29-31,55H,4-6,8-9,11-15,18,21-24,28,32-54H2,1-3H3/b10-7-,19-16-,20-17-,27-25-,30-29-,31-26-. The van der Waals surface area contributed by atoms with Gasteiger partial charge in [-0.1, -0.05) is 222 Å². The average molecular weight is 893 g/mol. The second kappa shape index (κ2) is 52.5. The number of ether oxygens (including phenoxy) is 3. The number of esters is 3. The van der Waals surface area contributed by atoms with Gasteiger partial charge in [-0.2, -0.15) is 0 Å². The van der Waals surface area contributed by atoms with Gasteiger partial charge in [0.25, 0.3) is 0 Å². The van der Waals surface area contributed by atoms with Gasteiger partial charge in [0, 0.05) is 19.3 Å². The molecule has 0 saturated carbocycles. The Labute approximate surface area is 395 Å². The molecule has 0 bridgehead atoms. The molecule has 0 aliphatic rings. The van der Waals surface area contributed by atoms with Gasteiger partial charge in [-0.3, -0.25) is 14.4 Å². The summed E-state index contributed by atoms with van der Waals surface area (Å²) in [5.41, 5.74) is 0. The minimum absolute atomic E-state index is 0.0841. The topological polar surface area (TPSA) is 78.9 Å². The van der Waals surface area contributed by atoms with Crippen molar-refractivity contribution in [2.45, 2.75) is 264 Å². The molecule has 0 aromatic heterocycles. The van der Waals surface area contributed by atoms with Crippen LogP contribution in [0.4, 0.5) is 0 Å². The van der Waals surface area contributed by atoms with Crippen LogP contribution in [0.25, 0.3) is 0 Å². The van der Waals surface area contributed by atoms with E-state index in [-0.39, 0.29) is 31.1 Å². The van der Waals surface area contributed by atoms with Crippen LogP contribution >= 0.6 is 0 Å². The van der Waals surface area contributed by atoms with Crippen LogP contribution in [0, 0.1) is 0 Å². The highest BCUT2D eigenvalue weighted by Crippen LogP contribution is 2.15. The second-order valence-corrected chi connectivity index (χ2v) is 17.8. The molecule has 0 rings (SSSR count). The third-order valence-electron chi connectivity index (χ3n) is 11.4. The molecule has 0 saturated heterocycles. The predicted molar refractivity (Wildman–Crippen MR) is 274 cm³/mol. The van der Waals surface area contributed by atoms with Crippen molar-refractivity contribution in [2.24, 2.45) is 0 Å². The number of allylic oxidation sites excluding steroid dienone is 12. The monoisotopic (exact) mass is 893 g/mol. The maximum absolute atomic E-state index is 12.8. The molecule has 1 atom stereocenters. The van der Waals surface area contributed by atoms with Crippen molar-refractivity contribution in [1.82, 2.24) is 0 Å². The molecular formula is C58H100O6. The fourth-order valence-corrected chi connectivity index (χ4v) is 7.40. The summed E-state index contributed by atoms with van der Waals surface area (Å²) in [5.74, 6) is -0.908. The summed E-state index contributed by atoms with van der Waals surface area (Å²) < 4.78 is 16.8. The largest absolute Gasteiger partial charge is 0.462 e. The minimum Gasteiger partial charge on any atom is -0.462 e. The highest BCUT2D eigenvalue weighted by molar-refractivity contribution is 5.71. The van der Waals surface area contributed by atoms with Gasteiger partial charge in [0.15, 0.2) is 6.10 Å². The summed E-state index contributed by atoms with van der Waals surface area (Å²) in [6.45, 7) is 6.48. The van der Waals surface area contributed by atoms with E-state index in [1.807, 2.05) is 0 Å². The van der Waals surface area contributed by atoms with E-state index in [9.17, 15) is 14.4 Å². The maximum Gasteiger partial charge on any atom is 0.306 e. The van der Waals surface area contributed by atoms with Crippen LogP contribution < -0.4 is 0 Å². The first kappa shape index (κ1) is 60.9. The Hall–Kier alpha value is -3.15. The zero-order chi connectivity index (χ0) is 46.5. The highest BCUT2D eigenvalue weighted by atomic mass is 16.6. The van der Waals surface area contributed by atoms with E-state index < -0.39 is 6.10 Å². The Kier molecular flexibility index (Phi) is 49.9. The first-order valence-corrected chi connectivity index (χ1v) is 26.9. The van der Waals surface area contributed by atoms with E-state index in [0.29, 0.717) is 19.3 Å². The van der Waals surface area contributed by atoms with Crippen molar-refractivity contribution >= 4 is 17.9 Å². The van der Waals surface area contributed by atoms with Gasteiger partial charge in [-0.15, -0.1) is 0 Å². The molecule has 0 aliphatic carbocycles. The lowest BCUT2D eigenvalue weighted by atomic mass is 10.0. The first-order valence-electron chi connectivity index (χ1n) is 26.9. The number of rotatable bonds is 48. The van der Waals surface area contributed by atoms with Crippen molar-refractivity contribution in [3.8, 4) is 0 Å². The van der Waals surface area contributed by atoms with Crippen molar-refractivity contribution < 1.29 is 28.6 Å². The molecule has 0 aromatic carbocycles. The van der Waals surface area contributed by atoms with Gasteiger partial charge in [0.1, 0.15) is 13.2 Å². The van der Waals surface area contributed by atoms with E-state index in [1.54, 1.807) is 0 Å². The molecule has 64 heavy (non-hydrogen) atoms. The SMILES string of the molecule is CC/C=C\C/C=C\C/C=C\C/C=C\CCCCCCCCC(=O)OCC(COC(=O)CCCCCCCCCCCCCC)OC(=O)CCCCCCC/C=C\C/C=C\CCCCC. The molecule has 0 aromatic rings. The van der Waals surface area contributed by atoms with Gasteiger partial charge in [-0.25, -0.2) is 0 Å². The number of unbranched alkanes of at least 4 members (excludes halogenated alkanes) is 25. The lowest BCUT2D eigenvalue weighted by molar-refractivity contribution is -0.167. The van der Waals surface area contributed by atoms with Crippen molar-refractivity contribution in [3.05, 3.63) is 72.9 Å². The fraction of sp³-hybridized carbons (Fsp3) is 0.741. The molecule has 6 nitrogen and oxygen atoms in total. The van der Waals surface area contributed by atoms with E-state index in [4.69, 9.17) is 14.2 Å². The van der Waals surface area contributed by atoms with Crippen LogP contribution in [-0.4, -0.2) is 37.2 Å². The Morgan fingerprint density at radius 3 is 0.984 bits per heavy atom. The van der Waals surface area contributed by atoms with E-state index in [2.05, 4.69) is 93.7 Å². The lowest BCUT2D eigenvalue weighted by Crippen LogP contribution is -2.30. The Morgan fingerprint density at radius 2 is 0.609 bits per heavy atom. The predicted octanol–water partition coefficient (Wildman–Crippen LogP) is 17.8. The summed E-state index contributed by atoms with van der Waals surface area (Å²) in [5, 5.41) is 0. The van der Waals surface area contributed by atoms with Crippen LogP contribution in [0.2, 0.25) is 0 Å². The van der Waals surface area contributed by atoms with Crippen LogP contribution in [0.5, 0.6) is 0 Å². The second-order valence-electron chi connectivity index (χ2n) is 17.8. The van der Waals surface area contributed by atoms with Crippen LogP contribution in [0.15, 0.2) is 72.9 Å². The summed E-state index contributed by atoms with van der Waals surface area (Å²) in [6, 6.07) is 0. The number of carbonyl (C=O) groups is 3. The molecule has 368 valence electrons. The van der Waals surface area contributed by atoms with Crippen LogP contribution in [-0.2, 0) is 28.6 Å². The summed E-state index contributed by atoms with van der Waals surface area (Å²) in [4.78, 5) is 38.0. The smallest absolute Gasteiger partial charge is 0.306 e. The van der Waals surface area contributed by atoms with Crippen molar-refractivity contribution in [1.29, 1.82) is 0 Å². The first-order chi connectivity index (χ1) is 31.5. The zero-order valence-electron chi connectivity index (χ0n) is 42.0. The van der Waals surface area contributed by atoms with Gasteiger partial charge in [0.05, 0.1) is 0 Å². The molecular weight excluding hydrogens is 793 g/mol. The van der Waals surface area contributed by atoms with Gasteiger partial charge in [0.2, 0.25) is 0 Å². The van der Waals surface area contributed by atoms with Crippen LogP contribution in [0.1, 0.15) is 258 Å². The summed E-state index contributed by atoms with van der Waals surface area (Å²) in [6.07, 6.45) is 65.9. The maximum atomic E-state index is 12.8. The summed E-state index contributed by atoms with van der Waals surface area (Å²) >= 11 is 0. The average Bonchev–Trinajstić information content (AvgIpc) is 3.29. The third-order valence-corrected chi connectivity index (χ3v) is 11.4. The molecule has 0 amide bonds. The minimum atomic E-state index is -0.787.